The van der Waals surface area contributed by atoms with E-state index in [1.807, 2.05) is 0 Å². The summed E-state index contributed by atoms with van der Waals surface area (Å²) in [5, 5.41) is 3.44. The number of nitrogens with one attached hydrogen (secondary N) is 1. The molecule has 0 aliphatic heterocycles. The van der Waals surface area contributed by atoms with Crippen molar-refractivity contribution >= 4 is 38.9 Å². The van der Waals surface area contributed by atoms with Crippen molar-refractivity contribution in [2.75, 3.05) is 7.05 Å². The highest BCUT2D eigenvalue weighted by Crippen LogP contribution is 2.38. The molecule has 1 aromatic heterocycles. The van der Waals surface area contributed by atoms with E-state index >= 15 is 0 Å². The number of halogens is 2. The summed E-state index contributed by atoms with van der Waals surface area (Å²) in [6, 6.07) is 2.63. The fraction of sp³-hybridized carbons (Fsp3) is 0.692. The van der Waals surface area contributed by atoms with E-state index in [-0.39, 0.29) is 0 Å². The zero-order chi connectivity index (χ0) is 12.3. The van der Waals surface area contributed by atoms with Gasteiger partial charge in [-0.15, -0.1) is 11.3 Å². The van der Waals surface area contributed by atoms with Crippen LogP contribution in [-0.4, -0.2) is 7.05 Å². The number of hydrogen-bond donors (Lipinski definition) is 1. The number of hydrogen-bond acceptors (Lipinski definition) is 2. The van der Waals surface area contributed by atoms with E-state index in [0.29, 0.717) is 6.04 Å². The lowest BCUT2D eigenvalue weighted by Crippen LogP contribution is -2.20. The predicted octanol–water partition coefficient (Wildman–Crippen LogP) is 5.39. The molecule has 1 aromatic rings. The first-order valence-electron chi connectivity index (χ1n) is 6.32. The Morgan fingerprint density at radius 1 is 1.47 bits per heavy atom. The average Bonchev–Trinajstić information content (AvgIpc) is 2.68. The summed E-state index contributed by atoms with van der Waals surface area (Å²) in [4.78, 5) is 1.36. The van der Waals surface area contributed by atoms with Gasteiger partial charge in [0.05, 0.1) is 0 Å². The summed E-state index contributed by atoms with van der Waals surface area (Å²) >= 11 is 11.3. The molecule has 0 radical (unpaired) electrons. The molecule has 1 aliphatic rings. The van der Waals surface area contributed by atoms with Gasteiger partial charge in [0.1, 0.15) is 4.34 Å². The summed E-state index contributed by atoms with van der Waals surface area (Å²) in [6.07, 6.45) is 8.31. The van der Waals surface area contributed by atoms with E-state index in [0.717, 1.165) is 14.7 Å². The van der Waals surface area contributed by atoms with Gasteiger partial charge in [-0.2, -0.15) is 0 Å². The molecular formula is C13H19BrClNS. The van der Waals surface area contributed by atoms with Crippen LogP contribution in [0.25, 0.3) is 0 Å². The third-order valence-electron chi connectivity index (χ3n) is 3.65. The zero-order valence-electron chi connectivity index (χ0n) is 10.1. The van der Waals surface area contributed by atoms with Gasteiger partial charge in [0.25, 0.3) is 0 Å². The average molecular weight is 337 g/mol. The Hall–Kier alpha value is 0.430. The standard InChI is InChI=1S/C13H19BrClNS/c1-16-11(7-9-5-3-2-4-6-9)12-8-10(14)13(15)17-12/h8-9,11,16H,2-7H2,1H3. The van der Waals surface area contributed by atoms with Crippen molar-refractivity contribution in [3.05, 3.63) is 19.8 Å². The quantitative estimate of drug-likeness (QED) is 0.776. The van der Waals surface area contributed by atoms with E-state index < -0.39 is 0 Å². The lowest BCUT2D eigenvalue weighted by Gasteiger charge is -2.25. The Morgan fingerprint density at radius 3 is 2.71 bits per heavy atom. The van der Waals surface area contributed by atoms with Crippen LogP contribution in [-0.2, 0) is 0 Å². The van der Waals surface area contributed by atoms with E-state index in [9.17, 15) is 0 Å². The predicted molar refractivity (Wildman–Crippen MR) is 80.0 cm³/mol. The first-order valence-corrected chi connectivity index (χ1v) is 8.31. The van der Waals surface area contributed by atoms with Crippen LogP contribution in [0.4, 0.5) is 0 Å². The second-order valence-corrected chi connectivity index (χ2v) is 7.39. The van der Waals surface area contributed by atoms with Crippen LogP contribution < -0.4 is 5.32 Å². The van der Waals surface area contributed by atoms with Crippen LogP contribution in [0.15, 0.2) is 10.5 Å². The molecule has 2 rings (SSSR count). The lowest BCUT2D eigenvalue weighted by molar-refractivity contribution is 0.307. The third kappa shape index (κ3) is 3.69. The van der Waals surface area contributed by atoms with Crippen molar-refractivity contribution in [1.82, 2.24) is 5.32 Å². The number of thiophene rings is 1. The smallest absolute Gasteiger partial charge is 0.107 e. The monoisotopic (exact) mass is 335 g/mol. The van der Waals surface area contributed by atoms with Crippen molar-refractivity contribution in [3.63, 3.8) is 0 Å². The molecule has 0 spiro atoms. The van der Waals surface area contributed by atoms with Crippen molar-refractivity contribution in [2.24, 2.45) is 5.92 Å². The highest BCUT2D eigenvalue weighted by molar-refractivity contribution is 9.10. The minimum atomic E-state index is 0.465. The molecule has 1 saturated carbocycles. The Kier molecular flexibility index (Phi) is 5.34. The number of rotatable bonds is 4. The zero-order valence-corrected chi connectivity index (χ0v) is 13.3. The minimum absolute atomic E-state index is 0.465. The largest absolute Gasteiger partial charge is 0.312 e. The SMILES string of the molecule is CNC(CC1CCCCC1)c1cc(Br)c(Cl)s1. The minimum Gasteiger partial charge on any atom is -0.312 e. The van der Waals surface area contributed by atoms with Crippen LogP contribution in [0.5, 0.6) is 0 Å². The molecule has 4 heteroatoms. The molecule has 17 heavy (non-hydrogen) atoms. The maximum absolute atomic E-state index is 6.12. The first-order chi connectivity index (χ1) is 8.20. The topological polar surface area (TPSA) is 12.0 Å². The maximum Gasteiger partial charge on any atom is 0.107 e. The molecule has 1 N–H and O–H groups in total. The second-order valence-electron chi connectivity index (χ2n) is 4.85. The maximum atomic E-state index is 6.12. The highest BCUT2D eigenvalue weighted by atomic mass is 79.9. The molecule has 0 saturated heterocycles. The highest BCUT2D eigenvalue weighted by Gasteiger charge is 2.21. The molecule has 1 aliphatic carbocycles. The van der Waals surface area contributed by atoms with Gasteiger partial charge in [0.15, 0.2) is 0 Å². The molecule has 1 atom stereocenters. The molecule has 96 valence electrons. The Labute approximate surface area is 121 Å². The van der Waals surface area contributed by atoms with Gasteiger partial charge < -0.3 is 5.32 Å². The normalized spacial score (nSPS) is 19.5. The Balaban J connectivity index is 2.00. The molecule has 1 heterocycles. The van der Waals surface area contributed by atoms with Crippen LogP contribution in [0.2, 0.25) is 4.34 Å². The van der Waals surface area contributed by atoms with Crippen molar-refractivity contribution < 1.29 is 0 Å². The summed E-state index contributed by atoms with van der Waals surface area (Å²) in [5.41, 5.74) is 0. The Bertz CT molecular complexity index is 341. The molecule has 0 bridgehead atoms. The summed E-state index contributed by atoms with van der Waals surface area (Å²) in [6.45, 7) is 0. The summed E-state index contributed by atoms with van der Waals surface area (Å²) in [7, 11) is 2.05. The molecule has 1 fully saturated rings. The molecule has 1 unspecified atom stereocenters. The van der Waals surface area contributed by atoms with Gasteiger partial charge in [-0.25, -0.2) is 0 Å². The van der Waals surface area contributed by atoms with Crippen LogP contribution in [0.1, 0.15) is 49.4 Å². The van der Waals surface area contributed by atoms with Gasteiger partial charge in [-0.05, 0) is 41.4 Å². The summed E-state index contributed by atoms with van der Waals surface area (Å²) in [5.74, 6) is 0.890. The van der Waals surface area contributed by atoms with Crippen LogP contribution in [0, 0.1) is 5.92 Å². The van der Waals surface area contributed by atoms with E-state index in [1.54, 1.807) is 11.3 Å². The van der Waals surface area contributed by atoms with E-state index in [1.165, 1.54) is 43.4 Å². The van der Waals surface area contributed by atoms with Crippen molar-refractivity contribution in [3.8, 4) is 0 Å². The molecule has 1 nitrogen and oxygen atoms in total. The van der Waals surface area contributed by atoms with Gasteiger partial charge in [-0.1, -0.05) is 43.7 Å². The van der Waals surface area contributed by atoms with E-state index in [2.05, 4.69) is 34.4 Å². The van der Waals surface area contributed by atoms with Gasteiger partial charge >= 0.3 is 0 Å². The summed E-state index contributed by atoms with van der Waals surface area (Å²) < 4.78 is 1.90. The first kappa shape index (κ1) is 13.9. The fourth-order valence-electron chi connectivity index (χ4n) is 2.67. The molecular weight excluding hydrogens is 318 g/mol. The van der Waals surface area contributed by atoms with Crippen molar-refractivity contribution in [1.29, 1.82) is 0 Å². The second kappa shape index (κ2) is 6.55. The fourth-order valence-corrected chi connectivity index (χ4v) is 4.53. The molecule has 0 amide bonds. The van der Waals surface area contributed by atoms with Gasteiger partial charge in [-0.3, -0.25) is 0 Å². The van der Waals surface area contributed by atoms with Crippen LogP contribution >= 0.6 is 38.9 Å². The third-order valence-corrected chi connectivity index (χ3v) is 6.24. The lowest BCUT2D eigenvalue weighted by atomic mass is 9.84. The van der Waals surface area contributed by atoms with Crippen molar-refractivity contribution in [2.45, 2.75) is 44.6 Å². The molecule has 0 aromatic carbocycles. The van der Waals surface area contributed by atoms with Crippen LogP contribution in [0.3, 0.4) is 0 Å². The van der Waals surface area contributed by atoms with E-state index in [4.69, 9.17) is 11.6 Å². The van der Waals surface area contributed by atoms with Gasteiger partial charge in [0, 0.05) is 15.4 Å². The Morgan fingerprint density at radius 2 is 2.18 bits per heavy atom. The van der Waals surface area contributed by atoms with Gasteiger partial charge in [0.2, 0.25) is 0 Å².